The number of anilines is 1. The third-order valence-electron chi connectivity index (χ3n) is 4.17. The molecule has 0 atom stereocenters. The van der Waals surface area contributed by atoms with Crippen molar-refractivity contribution in [3.8, 4) is 5.75 Å². The van der Waals surface area contributed by atoms with E-state index in [1.54, 1.807) is 19.2 Å². The summed E-state index contributed by atoms with van der Waals surface area (Å²) in [6, 6.07) is 4.80. The Bertz CT molecular complexity index is 445. The minimum atomic E-state index is -0.358. The van der Waals surface area contributed by atoms with Crippen LogP contribution in [0.15, 0.2) is 18.2 Å². The van der Waals surface area contributed by atoms with Gasteiger partial charge in [0.05, 0.1) is 13.2 Å². The van der Waals surface area contributed by atoms with Crippen LogP contribution in [-0.4, -0.2) is 32.4 Å². The second kappa shape index (κ2) is 6.41. The third-order valence-corrected chi connectivity index (χ3v) is 4.17. The molecule has 1 fully saturated rings. The molecule has 1 aliphatic rings. The fourth-order valence-electron chi connectivity index (χ4n) is 2.80. The van der Waals surface area contributed by atoms with Crippen molar-refractivity contribution in [1.29, 1.82) is 0 Å². The lowest BCUT2D eigenvalue weighted by Gasteiger charge is -2.40. The van der Waals surface area contributed by atoms with E-state index in [4.69, 9.17) is 15.2 Å². The van der Waals surface area contributed by atoms with E-state index in [1.165, 1.54) is 13.2 Å². The summed E-state index contributed by atoms with van der Waals surface area (Å²) in [7, 11) is 3.21. The normalized spacial score (nSPS) is 26.3. The SMILES string of the molecule is COc1cc(NC2(CN)CCC(OC)CC2)ccc1F. The van der Waals surface area contributed by atoms with Crippen LogP contribution in [0.1, 0.15) is 25.7 Å². The Morgan fingerprint density at radius 2 is 2.05 bits per heavy atom. The molecule has 0 unspecified atom stereocenters. The molecule has 1 aliphatic carbocycles. The second-order valence-electron chi connectivity index (χ2n) is 5.39. The van der Waals surface area contributed by atoms with Crippen molar-refractivity contribution in [2.24, 2.45) is 5.73 Å². The Balaban J connectivity index is 2.10. The largest absolute Gasteiger partial charge is 0.494 e. The van der Waals surface area contributed by atoms with Crippen molar-refractivity contribution < 1.29 is 13.9 Å². The fourth-order valence-corrected chi connectivity index (χ4v) is 2.80. The van der Waals surface area contributed by atoms with E-state index in [0.717, 1.165) is 31.4 Å². The van der Waals surface area contributed by atoms with Gasteiger partial charge in [0, 0.05) is 30.9 Å². The lowest BCUT2D eigenvalue weighted by molar-refractivity contribution is 0.0550. The highest BCUT2D eigenvalue weighted by atomic mass is 19.1. The van der Waals surface area contributed by atoms with Crippen molar-refractivity contribution in [3.63, 3.8) is 0 Å². The molecular weight excluding hydrogens is 259 g/mol. The van der Waals surface area contributed by atoms with Crippen LogP contribution in [0.3, 0.4) is 0 Å². The Kier molecular flexibility index (Phi) is 4.83. The highest BCUT2D eigenvalue weighted by molar-refractivity contribution is 5.51. The summed E-state index contributed by atoms with van der Waals surface area (Å²) in [6.07, 6.45) is 4.18. The van der Waals surface area contributed by atoms with E-state index in [0.29, 0.717) is 12.6 Å². The molecule has 0 spiro atoms. The van der Waals surface area contributed by atoms with Gasteiger partial charge in [0.25, 0.3) is 0 Å². The lowest BCUT2D eigenvalue weighted by atomic mass is 9.80. The van der Waals surface area contributed by atoms with E-state index in [-0.39, 0.29) is 17.1 Å². The molecule has 0 aliphatic heterocycles. The zero-order chi connectivity index (χ0) is 14.6. The number of nitrogens with two attached hydrogens (primary N) is 1. The summed E-state index contributed by atoms with van der Waals surface area (Å²) < 4.78 is 23.8. The maximum absolute atomic E-state index is 13.4. The van der Waals surface area contributed by atoms with E-state index < -0.39 is 0 Å². The number of hydrogen-bond acceptors (Lipinski definition) is 4. The average molecular weight is 282 g/mol. The van der Waals surface area contributed by atoms with Crippen LogP contribution in [0, 0.1) is 5.82 Å². The van der Waals surface area contributed by atoms with Crippen molar-refractivity contribution in [2.75, 3.05) is 26.1 Å². The van der Waals surface area contributed by atoms with Crippen LogP contribution < -0.4 is 15.8 Å². The molecule has 0 heterocycles. The molecule has 1 saturated carbocycles. The summed E-state index contributed by atoms with van der Waals surface area (Å²) in [5, 5.41) is 3.46. The molecule has 0 radical (unpaired) electrons. The minimum absolute atomic E-state index is 0.141. The first-order valence-electron chi connectivity index (χ1n) is 6.97. The molecule has 4 nitrogen and oxygen atoms in total. The molecule has 20 heavy (non-hydrogen) atoms. The van der Waals surface area contributed by atoms with Crippen LogP contribution in [0.5, 0.6) is 5.75 Å². The molecule has 1 aromatic carbocycles. The molecule has 0 bridgehead atoms. The van der Waals surface area contributed by atoms with Gasteiger partial charge in [0.15, 0.2) is 11.6 Å². The maximum atomic E-state index is 13.4. The summed E-state index contributed by atoms with van der Waals surface area (Å²) in [5.74, 6) is -0.115. The summed E-state index contributed by atoms with van der Waals surface area (Å²) in [5.41, 5.74) is 6.66. The van der Waals surface area contributed by atoms with Crippen LogP contribution >= 0.6 is 0 Å². The predicted molar refractivity (Wildman–Crippen MR) is 77.6 cm³/mol. The minimum Gasteiger partial charge on any atom is -0.494 e. The average Bonchev–Trinajstić information content (AvgIpc) is 2.50. The van der Waals surface area contributed by atoms with E-state index >= 15 is 0 Å². The molecule has 1 aromatic rings. The molecule has 0 saturated heterocycles. The zero-order valence-corrected chi connectivity index (χ0v) is 12.1. The summed E-state index contributed by atoms with van der Waals surface area (Å²) >= 11 is 0. The number of ether oxygens (including phenoxy) is 2. The smallest absolute Gasteiger partial charge is 0.165 e. The number of methoxy groups -OCH3 is 2. The quantitative estimate of drug-likeness (QED) is 0.871. The number of benzene rings is 1. The molecule has 3 N–H and O–H groups in total. The molecule has 2 rings (SSSR count). The van der Waals surface area contributed by atoms with Crippen molar-refractivity contribution >= 4 is 5.69 Å². The standard InChI is InChI=1S/C15H23FN2O2/c1-19-12-5-7-15(10-17,8-6-12)18-11-3-4-13(16)14(9-11)20-2/h3-4,9,12,18H,5-8,10,17H2,1-2H3. The van der Waals surface area contributed by atoms with Gasteiger partial charge in [0.1, 0.15) is 0 Å². The molecule has 0 amide bonds. The van der Waals surface area contributed by atoms with Gasteiger partial charge in [-0.1, -0.05) is 0 Å². The van der Waals surface area contributed by atoms with E-state index in [2.05, 4.69) is 5.32 Å². The van der Waals surface area contributed by atoms with Gasteiger partial charge in [-0.2, -0.15) is 0 Å². The first-order valence-corrected chi connectivity index (χ1v) is 6.97. The first-order chi connectivity index (χ1) is 9.62. The second-order valence-corrected chi connectivity index (χ2v) is 5.39. The van der Waals surface area contributed by atoms with Gasteiger partial charge in [-0.25, -0.2) is 4.39 Å². The monoisotopic (exact) mass is 282 g/mol. The van der Waals surface area contributed by atoms with Crippen LogP contribution in [-0.2, 0) is 4.74 Å². The summed E-state index contributed by atoms with van der Waals surface area (Å²) in [6.45, 7) is 0.545. The topological polar surface area (TPSA) is 56.5 Å². The Labute approximate surface area is 119 Å². The number of nitrogens with one attached hydrogen (secondary N) is 1. The van der Waals surface area contributed by atoms with Gasteiger partial charge in [-0.3, -0.25) is 0 Å². The molecule has 5 heteroatoms. The van der Waals surface area contributed by atoms with Crippen LogP contribution in [0.25, 0.3) is 0 Å². The third kappa shape index (κ3) is 3.22. The highest BCUT2D eigenvalue weighted by Gasteiger charge is 2.34. The van der Waals surface area contributed by atoms with E-state index in [9.17, 15) is 4.39 Å². The fraction of sp³-hybridized carbons (Fsp3) is 0.600. The predicted octanol–water partition coefficient (Wildman–Crippen LogP) is 2.53. The summed E-state index contributed by atoms with van der Waals surface area (Å²) in [4.78, 5) is 0. The van der Waals surface area contributed by atoms with Crippen molar-refractivity contribution in [2.45, 2.75) is 37.3 Å². The van der Waals surface area contributed by atoms with Gasteiger partial charge in [-0.05, 0) is 37.8 Å². The Hall–Kier alpha value is -1.33. The number of halogens is 1. The van der Waals surface area contributed by atoms with Gasteiger partial charge < -0.3 is 20.5 Å². The van der Waals surface area contributed by atoms with Gasteiger partial charge >= 0.3 is 0 Å². The first kappa shape index (κ1) is 15.1. The number of hydrogen-bond donors (Lipinski definition) is 2. The van der Waals surface area contributed by atoms with Gasteiger partial charge in [0.2, 0.25) is 0 Å². The zero-order valence-electron chi connectivity index (χ0n) is 12.1. The lowest BCUT2D eigenvalue weighted by Crippen LogP contribution is -2.49. The molecule has 112 valence electrons. The molecular formula is C15H23FN2O2. The molecule has 0 aromatic heterocycles. The van der Waals surface area contributed by atoms with E-state index in [1.807, 2.05) is 0 Å². The highest BCUT2D eigenvalue weighted by Crippen LogP contribution is 2.33. The number of rotatable bonds is 5. The Morgan fingerprint density at radius 1 is 1.35 bits per heavy atom. The van der Waals surface area contributed by atoms with Crippen molar-refractivity contribution in [3.05, 3.63) is 24.0 Å². The van der Waals surface area contributed by atoms with Crippen molar-refractivity contribution in [1.82, 2.24) is 0 Å². The van der Waals surface area contributed by atoms with Crippen LogP contribution in [0.4, 0.5) is 10.1 Å². The van der Waals surface area contributed by atoms with Gasteiger partial charge in [-0.15, -0.1) is 0 Å². The maximum Gasteiger partial charge on any atom is 0.165 e. The Morgan fingerprint density at radius 3 is 2.60 bits per heavy atom. The van der Waals surface area contributed by atoms with Crippen LogP contribution in [0.2, 0.25) is 0 Å².